The molecule has 1 heterocycles. The van der Waals surface area contributed by atoms with Gasteiger partial charge < -0.3 is 9.47 Å². The lowest BCUT2D eigenvalue weighted by Gasteiger charge is -2.31. The van der Waals surface area contributed by atoms with Crippen molar-refractivity contribution in [2.24, 2.45) is 0 Å². The molecular formula is C21H23NO5. The van der Waals surface area contributed by atoms with E-state index in [0.717, 1.165) is 5.39 Å². The summed E-state index contributed by atoms with van der Waals surface area (Å²) in [5.74, 6) is -0.853. The number of hydrogen-bond acceptors (Lipinski definition) is 5. The number of ether oxygens (including phenoxy) is 2. The summed E-state index contributed by atoms with van der Waals surface area (Å²) in [6.45, 7) is 5.41. The van der Waals surface area contributed by atoms with Crippen LogP contribution in [0.5, 0.6) is 0 Å². The fraction of sp³-hybridized carbons (Fsp3) is 0.381. The highest BCUT2D eigenvalue weighted by Crippen LogP contribution is 2.37. The summed E-state index contributed by atoms with van der Waals surface area (Å²) in [4.78, 5) is 37.6. The zero-order chi connectivity index (χ0) is 19.8. The smallest absolute Gasteiger partial charge is 0.418 e. The number of carbonyl (C=O) groups is 3. The predicted molar refractivity (Wildman–Crippen MR) is 101 cm³/mol. The zero-order valence-corrected chi connectivity index (χ0v) is 15.9. The number of hydrogen-bond donors (Lipinski definition) is 0. The Morgan fingerprint density at radius 3 is 2.56 bits per heavy atom. The molecule has 1 atom stereocenters. The van der Waals surface area contributed by atoms with E-state index in [9.17, 15) is 14.4 Å². The lowest BCUT2D eigenvalue weighted by Crippen LogP contribution is -2.45. The van der Waals surface area contributed by atoms with E-state index in [0.29, 0.717) is 23.9 Å². The zero-order valence-electron chi connectivity index (χ0n) is 15.9. The minimum atomic E-state index is -1.34. The first-order chi connectivity index (χ1) is 12.7. The SMILES string of the molecule is COC(=O)[C@]1(c2ccc3c(ccn3C(=O)OC(C)(C)C)c2)CCC=CC1=O. The summed E-state index contributed by atoms with van der Waals surface area (Å²) in [6, 6.07) is 6.96. The summed E-state index contributed by atoms with van der Waals surface area (Å²) < 4.78 is 11.8. The Bertz CT molecular complexity index is 947. The van der Waals surface area contributed by atoms with E-state index in [-0.39, 0.29) is 5.78 Å². The van der Waals surface area contributed by atoms with Crippen molar-refractivity contribution < 1.29 is 23.9 Å². The Labute approximate surface area is 157 Å². The van der Waals surface area contributed by atoms with Crippen LogP contribution in [-0.2, 0) is 24.5 Å². The van der Waals surface area contributed by atoms with Crippen LogP contribution in [-0.4, -0.2) is 35.1 Å². The van der Waals surface area contributed by atoms with Crippen LogP contribution in [0, 0.1) is 0 Å². The van der Waals surface area contributed by atoms with Gasteiger partial charge in [-0.1, -0.05) is 12.1 Å². The van der Waals surface area contributed by atoms with Crippen molar-refractivity contribution >= 4 is 28.7 Å². The van der Waals surface area contributed by atoms with Crippen LogP contribution in [0.25, 0.3) is 10.9 Å². The largest absolute Gasteiger partial charge is 0.468 e. The van der Waals surface area contributed by atoms with Gasteiger partial charge in [0.1, 0.15) is 5.60 Å². The Morgan fingerprint density at radius 2 is 1.93 bits per heavy atom. The molecule has 1 aromatic heterocycles. The van der Waals surface area contributed by atoms with Gasteiger partial charge in [0, 0.05) is 11.6 Å². The van der Waals surface area contributed by atoms with Crippen LogP contribution in [0.3, 0.4) is 0 Å². The molecule has 0 amide bonds. The second kappa shape index (κ2) is 6.68. The van der Waals surface area contributed by atoms with Gasteiger partial charge in [0.15, 0.2) is 11.2 Å². The van der Waals surface area contributed by atoms with Crippen LogP contribution in [0.1, 0.15) is 39.2 Å². The molecule has 0 N–H and O–H groups in total. The summed E-state index contributed by atoms with van der Waals surface area (Å²) in [5, 5.41) is 0.740. The number of esters is 1. The summed E-state index contributed by atoms with van der Waals surface area (Å²) in [5.41, 5.74) is -0.736. The second-order valence-corrected chi connectivity index (χ2v) is 7.64. The first-order valence-electron chi connectivity index (χ1n) is 8.83. The molecule has 1 aliphatic carbocycles. The molecule has 0 radical (unpaired) electrons. The first-order valence-corrected chi connectivity index (χ1v) is 8.83. The van der Waals surface area contributed by atoms with Gasteiger partial charge in [-0.2, -0.15) is 0 Å². The first kappa shape index (κ1) is 18.9. The molecule has 0 aliphatic heterocycles. The van der Waals surface area contributed by atoms with Crippen molar-refractivity contribution in [3.05, 3.63) is 48.2 Å². The van der Waals surface area contributed by atoms with E-state index < -0.39 is 23.1 Å². The van der Waals surface area contributed by atoms with Crippen LogP contribution in [0.4, 0.5) is 4.79 Å². The quantitative estimate of drug-likeness (QED) is 0.595. The van der Waals surface area contributed by atoms with Gasteiger partial charge in [-0.05, 0) is 63.5 Å². The third kappa shape index (κ3) is 3.27. The molecule has 0 spiro atoms. The number of fused-ring (bicyclic) bond motifs is 1. The standard InChI is InChI=1S/C21H23NO5/c1-20(2,3)27-19(25)22-12-10-14-13-15(8-9-16(14)22)21(18(24)26-4)11-6-5-7-17(21)23/h5,7-10,12-13H,6,11H2,1-4H3/t21-/m0/s1. The van der Waals surface area contributed by atoms with E-state index in [4.69, 9.17) is 9.47 Å². The fourth-order valence-electron chi connectivity index (χ4n) is 3.42. The van der Waals surface area contributed by atoms with Crippen LogP contribution in [0.15, 0.2) is 42.6 Å². The highest BCUT2D eigenvalue weighted by molar-refractivity contribution is 6.15. The highest BCUT2D eigenvalue weighted by atomic mass is 16.6. The van der Waals surface area contributed by atoms with Crippen LogP contribution < -0.4 is 0 Å². The predicted octanol–water partition coefficient (Wildman–Crippen LogP) is 3.75. The van der Waals surface area contributed by atoms with Crippen molar-refractivity contribution in [2.45, 2.75) is 44.6 Å². The van der Waals surface area contributed by atoms with Gasteiger partial charge in [0.25, 0.3) is 0 Å². The molecule has 27 heavy (non-hydrogen) atoms. The summed E-state index contributed by atoms with van der Waals surface area (Å²) in [7, 11) is 1.28. The van der Waals surface area contributed by atoms with Crippen molar-refractivity contribution in [3.8, 4) is 0 Å². The van der Waals surface area contributed by atoms with Gasteiger partial charge in [-0.15, -0.1) is 0 Å². The third-order valence-electron chi connectivity index (χ3n) is 4.68. The van der Waals surface area contributed by atoms with E-state index in [1.165, 1.54) is 17.8 Å². The number of allylic oxidation sites excluding steroid dienone is 2. The maximum atomic E-state index is 12.7. The fourth-order valence-corrected chi connectivity index (χ4v) is 3.42. The summed E-state index contributed by atoms with van der Waals surface area (Å²) in [6.07, 6.45) is 5.31. The van der Waals surface area contributed by atoms with E-state index in [1.807, 2.05) is 0 Å². The lowest BCUT2D eigenvalue weighted by atomic mass is 9.70. The molecule has 6 heteroatoms. The van der Waals surface area contributed by atoms with Gasteiger partial charge in [-0.3, -0.25) is 14.2 Å². The average Bonchev–Trinajstić information content (AvgIpc) is 3.03. The van der Waals surface area contributed by atoms with Crippen LogP contribution >= 0.6 is 0 Å². The molecule has 1 aromatic carbocycles. The molecule has 0 fully saturated rings. The Hall–Kier alpha value is -2.89. The molecule has 2 aromatic rings. The third-order valence-corrected chi connectivity index (χ3v) is 4.68. The molecule has 6 nitrogen and oxygen atoms in total. The maximum Gasteiger partial charge on any atom is 0.418 e. The van der Waals surface area contributed by atoms with Gasteiger partial charge >= 0.3 is 12.1 Å². The molecule has 1 aliphatic rings. The Balaban J connectivity index is 2.07. The van der Waals surface area contributed by atoms with Crippen molar-refractivity contribution in [3.63, 3.8) is 0 Å². The topological polar surface area (TPSA) is 74.6 Å². The number of rotatable bonds is 2. The molecule has 0 bridgehead atoms. The molecule has 0 unspecified atom stereocenters. The maximum absolute atomic E-state index is 12.7. The number of carbonyl (C=O) groups excluding carboxylic acids is 3. The van der Waals surface area contributed by atoms with Gasteiger partial charge in [-0.25, -0.2) is 4.79 Å². The number of benzene rings is 1. The molecule has 142 valence electrons. The van der Waals surface area contributed by atoms with Crippen molar-refractivity contribution in [2.75, 3.05) is 7.11 Å². The van der Waals surface area contributed by atoms with Crippen LogP contribution in [0.2, 0.25) is 0 Å². The minimum Gasteiger partial charge on any atom is -0.468 e. The van der Waals surface area contributed by atoms with Gasteiger partial charge in [0.2, 0.25) is 0 Å². The number of methoxy groups -OCH3 is 1. The molecule has 3 rings (SSSR count). The van der Waals surface area contributed by atoms with E-state index >= 15 is 0 Å². The minimum absolute atomic E-state index is 0.286. The van der Waals surface area contributed by atoms with E-state index in [1.54, 1.807) is 57.3 Å². The Morgan fingerprint density at radius 1 is 1.19 bits per heavy atom. The second-order valence-electron chi connectivity index (χ2n) is 7.64. The molecular weight excluding hydrogens is 346 g/mol. The lowest BCUT2D eigenvalue weighted by molar-refractivity contribution is -0.151. The molecule has 0 saturated carbocycles. The number of ketones is 1. The normalized spacial score (nSPS) is 19.9. The van der Waals surface area contributed by atoms with Gasteiger partial charge in [0.05, 0.1) is 12.6 Å². The highest BCUT2D eigenvalue weighted by Gasteiger charge is 2.48. The Kier molecular flexibility index (Phi) is 4.68. The molecule has 0 saturated heterocycles. The summed E-state index contributed by atoms with van der Waals surface area (Å²) >= 11 is 0. The van der Waals surface area contributed by atoms with Crippen molar-refractivity contribution in [1.82, 2.24) is 4.57 Å². The van der Waals surface area contributed by atoms with E-state index in [2.05, 4.69) is 0 Å². The number of aromatic nitrogens is 1. The van der Waals surface area contributed by atoms with Crippen molar-refractivity contribution in [1.29, 1.82) is 0 Å². The average molecular weight is 369 g/mol. The number of nitrogens with zero attached hydrogens (tertiary/aromatic N) is 1. The monoisotopic (exact) mass is 369 g/mol.